The molecule has 2 aromatic rings. The van der Waals surface area contributed by atoms with Crippen LogP contribution in [0.3, 0.4) is 0 Å². The van der Waals surface area contributed by atoms with E-state index in [1.807, 2.05) is 24.3 Å². The Morgan fingerprint density at radius 1 is 1.16 bits per heavy atom. The van der Waals surface area contributed by atoms with Crippen molar-refractivity contribution in [1.82, 2.24) is 10.9 Å². The molecule has 0 amide bonds. The van der Waals surface area contributed by atoms with E-state index in [1.165, 1.54) is 22.3 Å². The van der Waals surface area contributed by atoms with Crippen molar-refractivity contribution in [2.45, 2.75) is 26.7 Å². The van der Waals surface area contributed by atoms with Crippen LogP contribution in [0.25, 0.3) is 5.70 Å². The lowest BCUT2D eigenvalue weighted by atomic mass is 9.90. The van der Waals surface area contributed by atoms with E-state index in [9.17, 15) is 0 Å². The molecule has 2 aromatic carbocycles. The van der Waals surface area contributed by atoms with Gasteiger partial charge in [0.15, 0.2) is 5.11 Å². The van der Waals surface area contributed by atoms with Gasteiger partial charge in [0.25, 0.3) is 0 Å². The molecule has 0 atom stereocenters. The fourth-order valence-electron chi connectivity index (χ4n) is 3.15. The van der Waals surface area contributed by atoms with Gasteiger partial charge < -0.3 is 10.1 Å². The lowest BCUT2D eigenvalue weighted by molar-refractivity contribution is 0.415. The van der Waals surface area contributed by atoms with Crippen molar-refractivity contribution in [1.29, 1.82) is 0 Å². The van der Waals surface area contributed by atoms with Crippen molar-refractivity contribution in [2.24, 2.45) is 0 Å². The highest BCUT2D eigenvalue weighted by Crippen LogP contribution is 2.28. The molecular formula is C20H23N3OS. The van der Waals surface area contributed by atoms with Crippen LogP contribution in [0.4, 0.5) is 5.69 Å². The molecule has 0 heterocycles. The molecule has 130 valence electrons. The zero-order valence-corrected chi connectivity index (χ0v) is 15.6. The van der Waals surface area contributed by atoms with Crippen LogP contribution in [0.1, 0.15) is 28.7 Å². The third-order valence-corrected chi connectivity index (χ3v) is 4.49. The van der Waals surface area contributed by atoms with Gasteiger partial charge in [0.1, 0.15) is 5.75 Å². The molecule has 0 saturated carbocycles. The van der Waals surface area contributed by atoms with E-state index in [1.54, 1.807) is 7.11 Å². The molecule has 0 spiro atoms. The number of hydrogen-bond donors (Lipinski definition) is 3. The average molecular weight is 353 g/mol. The number of ether oxygens (including phenoxy) is 1. The molecular weight excluding hydrogens is 330 g/mol. The smallest absolute Gasteiger partial charge is 0.189 e. The SMILES string of the molecule is COc1cccc(NC(=S)NNC2=CCCc3c(C)cc(C)cc32)c1. The van der Waals surface area contributed by atoms with Crippen molar-refractivity contribution in [3.05, 3.63) is 64.7 Å². The molecule has 4 nitrogen and oxygen atoms in total. The van der Waals surface area contributed by atoms with E-state index < -0.39 is 0 Å². The maximum Gasteiger partial charge on any atom is 0.189 e. The Morgan fingerprint density at radius 3 is 2.80 bits per heavy atom. The van der Waals surface area contributed by atoms with Crippen molar-refractivity contribution in [2.75, 3.05) is 12.4 Å². The van der Waals surface area contributed by atoms with Crippen LogP contribution < -0.4 is 20.9 Å². The number of thiocarbonyl (C=S) groups is 1. The zero-order chi connectivity index (χ0) is 17.8. The number of aryl methyl sites for hydroxylation is 2. The highest BCUT2D eigenvalue weighted by molar-refractivity contribution is 7.80. The molecule has 25 heavy (non-hydrogen) atoms. The van der Waals surface area contributed by atoms with Crippen LogP contribution in [0, 0.1) is 13.8 Å². The van der Waals surface area contributed by atoms with E-state index >= 15 is 0 Å². The Balaban J connectivity index is 1.66. The maximum absolute atomic E-state index is 5.38. The summed E-state index contributed by atoms with van der Waals surface area (Å²) in [6.45, 7) is 4.30. The number of hydrogen-bond acceptors (Lipinski definition) is 3. The third kappa shape index (κ3) is 4.12. The second-order valence-corrected chi connectivity index (χ2v) is 6.61. The van der Waals surface area contributed by atoms with Gasteiger partial charge in [0.2, 0.25) is 0 Å². The number of anilines is 1. The second kappa shape index (κ2) is 7.57. The average Bonchev–Trinajstić information content (AvgIpc) is 2.60. The first-order valence-electron chi connectivity index (χ1n) is 8.34. The zero-order valence-electron chi connectivity index (χ0n) is 14.8. The first-order chi connectivity index (χ1) is 12.1. The van der Waals surface area contributed by atoms with Crippen molar-refractivity contribution in [3.8, 4) is 5.75 Å². The Morgan fingerprint density at radius 2 is 2.00 bits per heavy atom. The van der Waals surface area contributed by atoms with Gasteiger partial charge in [-0.25, -0.2) is 0 Å². The highest BCUT2D eigenvalue weighted by atomic mass is 32.1. The molecule has 0 bridgehead atoms. The van der Waals surface area contributed by atoms with Gasteiger partial charge in [-0.3, -0.25) is 10.9 Å². The van der Waals surface area contributed by atoms with Gasteiger partial charge in [-0.1, -0.05) is 23.8 Å². The number of rotatable bonds is 4. The lowest BCUT2D eigenvalue weighted by Crippen LogP contribution is -2.39. The number of fused-ring (bicyclic) bond motifs is 1. The van der Waals surface area contributed by atoms with Crippen molar-refractivity contribution >= 4 is 28.7 Å². The Hall–Kier alpha value is -2.53. The largest absolute Gasteiger partial charge is 0.497 e. The van der Waals surface area contributed by atoms with E-state index in [0.29, 0.717) is 5.11 Å². The first kappa shape index (κ1) is 17.3. The number of nitrogens with one attached hydrogen (secondary N) is 3. The van der Waals surface area contributed by atoms with Crippen LogP contribution >= 0.6 is 12.2 Å². The summed E-state index contributed by atoms with van der Waals surface area (Å²) in [6, 6.07) is 12.1. The van der Waals surface area contributed by atoms with Gasteiger partial charge in [0, 0.05) is 17.3 Å². The fourth-order valence-corrected chi connectivity index (χ4v) is 3.31. The highest BCUT2D eigenvalue weighted by Gasteiger charge is 2.15. The predicted octanol–water partition coefficient (Wildman–Crippen LogP) is 4.09. The number of allylic oxidation sites excluding steroid dienone is 1. The molecule has 0 aromatic heterocycles. The van der Waals surface area contributed by atoms with Gasteiger partial charge in [0.05, 0.1) is 12.8 Å². The van der Waals surface area contributed by atoms with Crippen LogP contribution in [-0.2, 0) is 6.42 Å². The minimum atomic E-state index is 0.505. The number of benzene rings is 2. The van der Waals surface area contributed by atoms with Crippen LogP contribution in [0.2, 0.25) is 0 Å². The first-order valence-corrected chi connectivity index (χ1v) is 8.75. The Kier molecular flexibility index (Phi) is 5.24. The summed E-state index contributed by atoms with van der Waals surface area (Å²) in [4.78, 5) is 0. The van der Waals surface area contributed by atoms with Crippen LogP contribution in [-0.4, -0.2) is 12.2 Å². The van der Waals surface area contributed by atoms with E-state index in [4.69, 9.17) is 17.0 Å². The molecule has 5 heteroatoms. The quantitative estimate of drug-likeness (QED) is 0.571. The topological polar surface area (TPSA) is 45.3 Å². The molecule has 0 radical (unpaired) electrons. The van der Waals surface area contributed by atoms with Crippen LogP contribution in [0.15, 0.2) is 42.5 Å². The minimum absolute atomic E-state index is 0.505. The van der Waals surface area contributed by atoms with E-state index in [0.717, 1.165) is 30.0 Å². The number of hydrazine groups is 1. The number of methoxy groups -OCH3 is 1. The standard InChI is InChI=1S/C20H23N3OS/c1-13-10-14(2)17-8-5-9-19(18(17)11-13)22-23-20(25)21-15-6-4-7-16(12-15)24-3/h4,6-7,9-12,22H,5,8H2,1-3H3,(H2,21,23,25). The fraction of sp³-hybridized carbons (Fsp3) is 0.250. The molecule has 0 saturated heterocycles. The summed E-state index contributed by atoms with van der Waals surface area (Å²) >= 11 is 5.38. The van der Waals surface area contributed by atoms with Gasteiger partial charge in [-0.15, -0.1) is 0 Å². The predicted molar refractivity (Wildman–Crippen MR) is 108 cm³/mol. The molecule has 1 aliphatic rings. The minimum Gasteiger partial charge on any atom is -0.497 e. The lowest BCUT2D eigenvalue weighted by Gasteiger charge is -2.23. The van der Waals surface area contributed by atoms with Gasteiger partial charge in [-0.05, 0) is 68.2 Å². The molecule has 3 N–H and O–H groups in total. The van der Waals surface area contributed by atoms with Gasteiger partial charge >= 0.3 is 0 Å². The summed E-state index contributed by atoms with van der Waals surface area (Å²) in [7, 11) is 1.65. The Labute approximate surface area is 154 Å². The maximum atomic E-state index is 5.38. The summed E-state index contributed by atoms with van der Waals surface area (Å²) in [5.74, 6) is 0.788. The monoisotopic (exact) mass is 353 g/mol. The second-order valence-electron chi connectivity index (χ2n) is 6.20. The normalized spacial score (nSPS) is 12.7. The molecule has 1 aliphatic carbocycles. The van der Waals surface area contributed by atoms with Crippen molar-refractivity contribution < 1.29 is 4.74 Å². The van der Waals surface area contributed by atoms with E-state index in [-0.39, 0.29) is 0 Å². The Bertz CT molecular complexity index is 830. The van der Waals surface area contributed by atoms with Crippen molar-refractivity contribution in [3.63, 3.8) is 0 Å². The summed E-state index contributed by atoms with van der Waals surface area (Å²) in [5, 5.41) is 3.66. The molecule has 0 aliphatic heterocycles. The molecule has 0 fully saturated rings. The molecule has 0 unspecified atom stereocenters. The molecule has 3 rings (SSSR count). The summed E-state index contributed by atoms with van der Waals surface area (Å²) < 4.78 is 5.22. The van der Waals surface area contributed by atoms with Gasteiger partial charge in [-0.2, -0.15) is 0 Å². The summed E-state index contributed by atoms with van der Waals surface area (Å²) in [6.07, 6.45) is 4.32. The summed E-state index contributed by atoms with van der Waals surface area (Å²) in [5.41, 5.74) is 13.6. The van der Waals surface area contributed by atoms with Crippen LogP contribution in [0.5, 0.6) is 5.75 Å². The van der Waals surface area contributed by atoms with E-state index in [2.05, 4.69) is 48.2 Å². The third-order valence-electron chi connectivity index (χ3n) is 4.29.